The van der Waals surface area contributed by atoms with Gasteiger partial charge >= 0.3 is 0 Å². The quantitative estimate of drug-likeness (QED) is 0.843. The van der Waals surface area contributed by atoms with Crippen molar-refractivity contribution in [1.29, 1.82) is 0 Å². The normalized spacial score (nSPS) is 11.3. The van der Waals surface area contributed by atoms with E-state index in [-0.39, 0.29) is 20.0 Å². The van der Waals surface area contributed by atoms with Crippen LogP contribution in [0.5, 0.6) is 0 Å². The second-order valence-corrected chi connectivity index (χ2v) is 6.80. The van der Waals surface area contributed by atoms with E-state index in [1.807, 2.05) is 0 Å². The van der Waals surface area contributed by atoms with Crippen molar-refractivity contribution >= 4 is 53.2 Å². The van der Waals surface area contributed by atoms with Crippen LogP contribution < -0.4 is 5.32 Å². The minimum atomic E-state index is -3.97. The summed E-state index contributed by atoms with van der Waals surface area (Å²) in [5, 5.41) is 2.64. The van der Waals surface area contributed by atoms with Crippen molar-refractivity contribution in [3.63, 3.8) is 0 Å². The maximum Gasteiger partial charge on any atom is 0.262 e. The summed E-state index contributed by atoms with van der Waals surface area (Å²) in [6.45, 7) is 2.17. The average molecular weight is 361 g/mol. The second kappa shape index (κ2) is 5.56. The summed E-state index contributed by atoms with van der Waals surface area (Å²) in [6.07, 6.45) is 0. The molecular weight excluding hydrogens is 353 g/mol. The zero-order valence-corrected chi connectivity index (χ0v) is 12.5. The second-order valence-electron chi connectivity index (χ2n) is 3.07. The van der Waals surface area contributed by atoms with Crippen LogP contribution in [0.15, 0.2) is 21.5 Å². The minimum absolute atomic E-state index is 0.105. The number of hydrogen-bond acceptors (Lipinski definition) is 3. The Kier molecular flexibility index (Phi) is 4.83. The van der Waals surface area contributed by atoms with Gasteiger partial charge in [0, 0.05) is 22.8 Å². The molecule has 1 aromatic carbocycles. The maximum absolute atomic E-state index is 11.6. The Labute approximate surface area is 117 Å². The number of rotatable bonds is 3. The topological polar surface area (TPSA) is 63.2 Å². The van der Waals surface area contributed by atoms with E-state index in [9.17, 15) is 13.2 Å². The van der Waals surface area contributed by atoms with Gasteiger partial charge in [-0.2, -0.15) is 0 Å². The van der Waals surface area contributed by atoms with Crippen LogP contribution in [0, 0.1) is 0 Å². The predicted octanol–water partition coefficient (Wildman–Crippen LogP) is 2.78. The van der Waals surface area contributed by atoms with Gasteiger partial charge in [0.25, 0.3) is 15.0 Å². The van der Waals surface area contributed by atoms with E-state index in [1.54, 1.807) is 6.92 Å². The highest BCUT2D eigenvalue weighted by Crippen LogP contribution is 2.33. The van der Waals surface area contributed by atoms with E-state index in [2.05, 4.69) is 21.2 Å². The average Bonchev–Trinajstić information content (AvgIpc) is 2.20. The van der Waals surface area contributed by atoms with Crippen molar-refractivity contribution in [3.05, 3.63) is 27.2 Å². The fourth-order valence-electron chi connectivity index (χ4n) is 1.13. The van der Waals surface area contributed by atoms with Gasteiger partial charge in [0.15, 0.2) is 0 Å². The van der Waals surface area contributed by atoms with E-state index in [4.69, 9.17) is 22.3 Å². The zero-order chi connectivity index (χ0) is 13.2. The monoisotopic (exact) mass is 359 g/mol. The SMILES string of the molecule is CCNC(=O)c1cc(Cl)c(Br)c(S(=O)(=O)Cl)c1. The lowest BCUT2D eigenvalue weighted by Gasteiger charge is -2.07. The molecule has 0 heterocycles. The highest BCUT2D eigenvalue weighted by Gasteiger charge is 2.20. The Balaban J connectivity index is 3.39. The first-order valence-electron chi connectivity index (χ1n) is 4.49. The zero-order valence-electron chi connectivity index (χ0n) is 8.63. The first-order chi connectivity index (χ1) is 7.77. The third-order valence-electron chi connectivity index (χ3n) is 1.86. The van der Waals surface area contributed by atoms with Crippen molar-refractivity contribution in [2.24, 2.45) is 0 Å². The molecule has 1 N–H and O–H groups in total. The molecule has 0 aliphatic carbocycles. The Hall–Kier alpha value is -0.300. The van der Waals surface area contributed by atoms with Crippen molar-refractivity contribution in [2.45, 2.75) is 11.8 Å². The third kappa shape index (κ3) is 3.58. The van der Waals surface area contributed by atoms with Crippen molar-refractivity contribution < 1.29 is 13.2 Å². The number of amides is 1. The molecule has 94 valence electrons. The summed E-state index contributed by atoms with van der Waals surface area (Å²) in [6, 6.07) is 2.53. The molecule has 0 unspecified atom stereocenters. The predicted molar refractivity (Wildman–Crippen MR) is 70.2 cm³/mol. The molecule has 0 atom stereocenters. The lowest BCUT2D eigenvalue weighted by Crippen LogP contribution is -2.22. The summed E-state index contributed by atoms with van der Waals surface area (Å²) in [5.41, 5.74) is 0.138. The molecule has 17 heavy (non-hydrogen) atoms. The van der Waals surface area contributed by atoms with Gasteiger partial charge in [0.1, 0.15) is 0 Å². The fraction of sp³-hybridized carbons (Fsp3) is 0.222. The molecule has 0 bridgehead atoms. The molecule has 0 aliphatic heterocycles. The highest BCUT2D eigenvalue weighted by atomic mass is 79.9. The molecule has 0 spiro atoms. The van der Waals surface area contributed by atoms with E-state index >= 15 is 0 Å². The van der Waals surface area contributed by atoms with E-state index in [0.29, 0.717) is 6.54 Å². The Morgan fingerprint density at radius 3 is 2.53 bits per heavy atom. The van der Waals surface area contributed by atoms with Gasteiger partial charge in [-0.05, 0) is 35.0 Å². The van der Waals surface area contributed by atoms with Crippen LogP contribution in [0.3, 0.4) is 0 Å². The lowest BCUT2D eigenvalue weighted by molar-refractivity contribution is 0.0955. The summed E-state index contributed by atoms with van der Waals surface area (Å²) in [5.74, 6) is -0.413. The first-order valence-corrected chi connectivity index (χ1v) is 7.97. The van der Waals surface area contributed by atoms with Gasteiger partial charge in [-0.3, -0.25) is 4.79 Å². The number of benzene rings is 1. The molecule has 0 aromatic heterocycles. The fourth-order valence-corrected chi connectivity index (χ4v) is 3.51. The lowest BCUT2D eigenvalue weighted by atomic mass is 10.2. The van der Waals surface area contributed by atoms with E-state index < -0.39 is 15.0 Å². The Bertz CT molecular complexity index is 560. The summed E-state index contributed by atoms with van der Waals surface area (Å²) >= 11 is 8.83. The molecule has 0 fully saturated rings. The van der Waals surface area contributed by atoms with Crippen LogP contribution in [0.25, 0.3) is 0 Å². The van der Waals surface area contributed by atoms with Gasteiger partial charge in [-0.15, -0.1) is 0 Å². The van der Waals surface area contributed by atoms with Crippen LogP contribution in [-0.4, -0.2) is 20.9 Å². The van der Waals surface area contributed by atoms with Gasteiger partial charge in [0.05, 0.1) is 14.4 Å². The van der Waals surface area contributed by atoms with Crippen molar-refractivity contribution in [1.82, 2.24) is 5.32 Å². The summed E-state index contributed by atoms with van der Waals surface area (Å²) < 4.78 is 22.7. The molecule has 0 saturated heterocycles. The van der Waals surface area contributed by atoms with Crippen LogP contribution in [-0.2, 0) is 9.05 Å². The van der Waals surface area contributed by atoms with Crippen molar-refractivity contribution in [2.75, 3.05) is 6.54 Å². The Morgan fingerprint density at radius 2 is 2.06 bits per heavy atom. The summed E-state index contributed by atoms with van der Waals surface area (Å²) in [7, 11) is 1.28. The van der Waals surface area contributed by atoms with Gasteiger partial charge in [-0.1, -0.05) is 11.6 Å². The van der Waals surface area contributed by atoms with E-state index in [1.165, 1.54) is 12.1 Å². The molecular formula is C9H8BrCl2NO3S. The maximum atomic E-state index is 11.6. The summed E-state index contributed by atoms with van der Waals surface area (Å²) in [4.78, 5) is 11.3. The third-order valence-corrected chi connectivity index (χ3v) is 4.85. The minimum Gasteiger partial charge on any atom is -0.352 e. The highest BCUT2D eigenvalue weighted by molar-refractivity contribution is 9.10. The molecule has 4 nitrogen and oxygen atoms in total. The number of hydrogen-bond donors (Lipinski definition) is 1. The molecule has 0 radical (unpaired) electrons. The number of halogens is 3. The number of carbonyl (C=O) groups is 1. The van der Waals surface area contributed by atoms with Gasteiger partial charge < -0.3 is 5.32 Å². The largest absolute Gasteiger partial charge is 0.352 e. The smallest absolute Gasteiger partial charge is 0.262 e. The molecule has 0 saturated carbocycles. The molecule has 1 aromatic rings. The standard InChI is InChI=1S/C9H8BrCl2NO3S/c1-2-13-9(14)5-3-6(11)8(10)7(4-5)17(12,15)16/h3-4H,2H2,1H3,(H,13,14). The molecule has 8 heteroatoms. The van der Waals surface area contributed by atoms with Crippen LogP contribution in [0.1, 0.15) is 17.3 Å². The molecule has 0 aliphatic rings. The van der Waals surface area contributed by atoms with Gasteiger partial charge in [-0.25, -0.2) is 8.42 Å². The number of nitrogens with one attached hydrogen (secondary N) is 1. The van der Waals surface area contributed by atoms with Crippen LogP contribution in [0.2, 0.25) is 5.02 Å². The van der Waals surface area contributed by atoms with E-state index in [0.717, 1.165) is 0 Å². The number of carbonyl (C=O) groups excluding carboxylic acids is 1. The Morgan fingerprint density at radius 1 is 1.47 bits per heavy atom. The first kappa shape index (κ1) is 14.8. The van der Waals surface area contributed by atoms with Gasteiger partial charge in [0.2, 0.25) is 0 Å². The molecule has 1 rings (SSSR count). The van der Waals surface area contributed by atoms with Crippen LogP contribution >= 0.6 is 38.2 Å². The van der Waals surface area contributed by atoms with Crippen molar-refractivity contribution in [3.8, 4) is 0 Å². The molecule has 1 amide bonds. The van der Waals surface area contributed by atoms with Crippen LogP contribution in [0.4, 0.5) is 0 Å².